The highest BCUT2D eigenvalue weighted by atomic mass is 16.5. The molecule has 0 spiro atoms. The van der Waals surface area contributed by atoms with Gasteiger partial charge in [-0.05, 0) is 31.5 Å². The molecule has 1 aliphatic rings. The molecule has 0 aliphatic heterocycles. The second-order valence-corrected chi connectivity index (χ2v) is 5.84. The van der Waals surface area contributed by atoms with Gasteiger partial charge in [-0.3, -0.25) is 9.69 Å². The predicted molar refractivity (Wildman–Crippen MR) is 94.6 cm³/mol. The van der Waals surface area contributed by atoms with E-state index in [2.05, 4.69) is 27.8 Å². The first-order valence-electron chi connectivity index (χ1n) is 8.28. The maximum absolute atomic E-state index is 12.0. The summed E-state index contributed by atoms with van der Waals surface area (Å²) in [6, 6.07) is 5.53. The van der Waals surface area contributed by atoms with Crippen molar-refractivity contribution in [3.05, 3.63) is 18.2 Å². The molecule has 0 atom stereocenters. The van der Waals surface area contributed by atoms with Crippen molar-refractivity contribution in [1.29, 1.82) is 0 Å². The molecular formula is C17H26N4O3. The van der Waals surface area contributed by atoms with E-state index in [0.717, 1.165) is 13.1 Å². The van der Waals surface area contributed by atoms with Crippen LogP contribution in [0.25, 0.3) is 0 Å². The molecule has 24 heavy (non-hydrogen) atoms. The second kappa shape index (κ2) is 8.54. The van der Waals surface area contributed by atoms with Gasteiger partial charge in [-0.1, -0.05) is 6.92 Å². The molecule has 2 rings (SSSR count). The third kappa shape index (κ3) is 5.42. The molecule has 0 radical (unpaired) electrons. The number of urea groups is 1. The van der Waals surface area contributed by atoms with E-state index in [1.54, 1.807) is 18.2 Å². The molecule has 1 aliphatic carbocycles. The Morgan fingerprint density at radius 3 is 2.62 bits per heavy atom. The first-order valence-corrected chi connectivity index (χ1v) is 8.28. The van der Waals surface area contributed by atoms with E-state index in [-0.39, 0.29) is 11.9 Å². The largest absolute Gasteiger partial charge is 0.494 e. The SMILES string of the molecule is CCN(CCNC(=O)Nc1ccc(NC(C)=O)c(OC)c1)C1CC1. The Morgan fingerprint density at radius 1 is 1.29 bits per heavy atom. The zero-order chi connectivity index (χ0) is 17.5. The normalized spacial score (nSPS) is 13.5. The summed E-state index contributed by atoms with van der Waals surface area (Å²) in [4.78, 5) is 25.5. The number of carbonyl (C=O) groups is 2. The van der Waals surface area contributed by atoms with Crippen LogP contribution in [0.3, 0.4) is 0 Å². The minimum Gasteiger partial charge on any atom is -0.494 e. The zero-order valence-electron chi connectivity index (χ0n) is 14.5. The highest BCUT2D eigenvalue weighted by Gasteiger charge is 2.27. The van der Waals surface area contributed by atoms with Crippen molar-refractivity contribution in [3.63, 3.8) is 0 Å². The van der Waals surface area contributed by atoms with Gasteiger partial charge < -0.3 is 20.7 Å². The van der Waals surface area contributed by atoms with Crippen LogP contribution in [-0.4, -0.2) is 49.6 Å². The number of nitrogens with one attached hydrogen (secondary N) is 3. The number of ether oxygens (including phenoxy) is 1. The molecule has 0 unspecified atom stereocenters. The Kier molecular flexibility index (Phi) is 6.43. The maximum Gasteiger partial charge on any atom is 0.319 e. The van der Waals surface area contributed by atoms with Crippen molar-refractivity contribution in [2.45, 2.75) is 32.7 Å². The topological polar surface area (TPSA) is 82.7 Å². The average molecular weight is 334 g/mol. The summed E-state index contributed by atoms with van der Waals surface area (Å²) >= 11 is 0. The Labute approximate surface area is 142 Å². The number of amides is 3. The average Bonchev–Trinajstić information content (AvgIpc) is 3.37. The zero-order valence-corrected chi connectivity index (χ0v) is 14.5. The smallest absolute Gasteiger partial charge is 0.319 e. The summed E-state index contributed by atoms with van der Waals surface area (Å²) < 4.78 is 5.24. The molecule has 1 aromatic rings. The van der Waals surface area contributed by atoms with Crippen LogP contribution in [0, 0.1) is 0 Å². The molecule has 132 valence electrons. The number of rotatable bonds is 8. The number of likely N-dealkylation sites (N-methyl/N-ethyl adjacent to an activating group) is 1. The summed E-state index contributed by atoms with van der Waals surface area (Å²) in [5.74, 6) is 0.316. The lowest BCUT2D eigenvalue weighted by molar-refractivity contribution is -0.114. The number of nitrogens with zero attached hydrogens (tertiary/aromatic N) is 1. The van der Waals surface area contributed by atoms with Crippen LogP contribution in [0.15, 0.2) is 18.2 Å². The molecule has 0 bridgehead atoms. The van der Waals surface area contributed by atoms with Crippen LogP contribution in [0.4, 0.5) is 16.2 Å². The van der Waals surface area contributed by atoms with Gasteiger partial charge in [-0.2, -0.15) is 0 Å². The van der Waals surface area contributed by atoms with E-state index in [1.165, 1.54) is 26.9 Å². The first kappa shape index (κ1) is 18.1. The monoisotopic (exact) mass is 334 g/mol. The lowest BCUT2D eigenvalue weighted by Gasteiger charge is -2.19. The summed E-state index contributed by atoms with van der Waals surface area (Å²) in [7, 11) is 1.52. The van der Waals surface area contributed by atoms with Crippen LogP contribution in [0.2, 0.25) is 0 Å². The van der Waals surface area contributed by atoms with Gasteiger partial charge >= 0.3 is 6.03 Å². The van der Waals surface area contributed by atoms with Gasteiger partial charge in [0.2, 0.25) is 5.91 Å². The van der Waals surface area contributed by atoms with Gasteiger partial charge in [-0.15, -0.1) is 0 Å². The van der Waals surface area contributed by atoms with Crippen molar-refractivity contribution in [1.82, 2.24) is 10.2 Å². The molecule has 0 aromatic heterocycles. The Hall–Kier alpha value is -2.28. The van der Waals surface area contributed by atoms with E-state index in [4.69, 9.17) is 4.74 Å². The van der Waals surface area contributed by atoms with Gasteiger partial charge in [0.1, 0.15) is 5.75 Å². The van der Waals surface area contributed by atoms with E-state index in [1.807, 2.05) is 0 Å². The molecule has 1 aromatic carbocycles. The summed E-state index contributed by atoms with van der Waals surface area (Å²) in [5.41, 5.74) is 1.17. The van der Waals surface area contributed by atoms with E-state index < -0.39 is 0 Å². The Morgan fingerprint density at radius 2 is 2.04 bits per heavy atom. The van der Waals surface area contributed by atoms with Crippen LogP contribution < -0.4 is 20.7 Å². The number of methoxy groups -OCH3 is 1. The molecule has 7 nitrogen and oxygen atoms in total. The molecule has 3 amide bonds. The number of carbonyl (C=O) groups excluding carboxylic acids is 2. The molecule has 1 saturated carbocycles. The molecular weight excluding hydrogens is 308 g/mol. The molecule has 3 N–H and O–H groups in total. The van der Waals surface area contributed by atoms with E-state index in [0.29, 0.717) is 29.7 Å². The van der Waals surface area contributed by atoms with Gasteiger partial charge in [0, 0.05) is 37.8 Å². The molecule has 1 fully saturated rings. The lowest BCUT2D eigenvalue weighted by atomic mass is 10.2. The molecule has 0 heterocycles. The summed E-state index contributed by atoms with van der Waals surface area (Å²) in [6.45, 7) is 6.05. The van der Waals surface area contributed by atoms with Gasteiger partial charge in [0.05, 0.1) is 12.8 Å². The van der Waals surface area contributed by atoms with Gasteiger partial charge in [-0.25, -0.2) is 4.79 Å². The fraction of sp³-hybridized carbons (Fsp3) is 0.529. The fourth-order valence-electron chi connectivity index (χ4n) is 2.59. The van der Waals surface area contributed by atoms with Crippen molar-refractivity contribution in [2.75, 3.05) is 37.4 Å². The highest BCUT2D eigenvalue weighted by molar-refractivity contribution is 5.93. The number of anilines is 2. The van der Waals surface area contributed by atoms with E-state index >= 15 is 0 Å². The number of hydrogen-bond donors (Lipinski definition) is 3. The van der Waals surface area contributed by atoms with E-state index in [9.17, 15) is 9.59 Å². The van der Waals surface area contributed by atoms with Crippen LogP contribution in [0.1, 0.15) is 26.7 Å². The minimum absolute atomic E-state index is 0.178. The number of benzene rings is 1. The Bertz CT molecular complexity index is 587. The third-order valence-electron chi connectivity index (χ3n) is 3.92. The van der Waals surface area contributed by atoms with Crippen molar-refractivity contribution in [2.24, 2.45) is 0 Å². The maximum atomic E-state index is 12.0. The van der Waals surface area contributed by atoms with Crippen molar-refractivity contribution < 1.29 is 14.3 Å². The predicted octanol–water partition coefficient (Wildman–Crippen LogP) is 2.26. The van der Waals surface area contributed by atoms with Crippen LogP contribution >= 0.6 is 0 Å². The Balaban J connectivity index is 1.83. The number of hydrogen-bond acceptors (Lipinski definition) is 4. The van der Waals surface area contributed by atoms with Crippen LogP contribution in [0.5, 0.6) is 5.75 Å². The first-order chi connectivity index (χ1) is 11.5. The second-order valence-electron chi connectivity index (χ2n) is 5.84. The third-order valence-corrected chi connectivity index (χ3v) is 3.92. The van der Waals surface area contributed by atoms with Crippen molar-refractivity contribution >= 4 is 23.3 Å². The quantitative estimate of drug-likeness (QED) is 0.681. The van der Waals surface area contributed by atoms with Gasteiger partial charge in [0.15, 0.2) is 0 Å². The van der Waals surface area contributed by atoms with Crippen molar-refractivity contribution in [3.8, 4) is 5.75 Å². The minimum atomic E-state index is -0.254. The van der Waals surface area contributed by atoms with Gasteiger partial charge in [0.25, 0.3) is 0 Å². The fourth-order valence-corrected chi connectivity index (χ4v) is 2.59. The van der Waals surface area contributed by atoms with Crippen LogP contribution in [-0.2, 0) is 4.79 Å². The highest BCUT2D eigenvalue weighted by Crippen LogP contribution is 2.28. The summed E-state index contributed by atoms with van der Waals surface area (Å²) in [6.07, 6.45) is 2.53. The molecule has 0 saturated heterocycles. The lowest BCUT2D eigenvalue weighted by Crippen LogP contribution is -2.37. The summed E-state index contributed by atoms with van der Waals surface area (Å²) in [5, 5.41) is 8.31. The standard InChI is InChI=1S/C17H26N4O3/c1-4-21(14-6-7-14)10-9-18-17(23)20-13-5-8-15(19-12(2)22)16(11-13)24-3/h5,8,11,14H,4,6-7,9-10H2,1-3H3,(H,19,22)(H2,18,20,23). The molecule has 7 heteroatoms.